The summed E-state index contributed by atoms with van der Waals surface area (Å²) in [4.78, 5) is 51.7. The zero-order valence-electron chi connectivity index (χ0n) is 17.5. The van der Waals surface area contributed by atoms with E-state index in [4.69, 9.17) is 9.47 Å². The normalized spacial score (nSPS) is 18.6. The minimum Gasteiger partial charge on any atom is -0.464 e. The van der Waals surface area contributed by atoms with Crippen LogP contribution in [0.15, 0.2) is 29.1 Å². The van der Waals surface area contributed by atoms with E-state index in [1.165, 1.54) is 14.0 Å². The molecule has 0 N–H and O–H groups in total. The fourth-order valence-corrected chi connectivity index (χ4v) is 4.01. The number of likely N-dealkylation sites (tertiary alicyclic amines) is 1. The van der Waals surface area contributed by atoms with E-state index in [0.717, 1.165) is 11.0 Å². The lowest BCUT2D eigenvalue weighted by atomic mass is 10.2. The lowest BCUT2D eigenvalue weighted by Crippen LogP contribution is -2.49. The summed E-state index contributed by atoms with van der Waals surface area (Å²) >= 11 is 0. The number of hydrogen-bond acceptors (Lipinski definition) is 6. The predicted octanol–water partition coefficient (Wildman–Crippen LogP) is 1.22. The van der Waals surface area contributed by atoms with Crippen LogP contribution in [0.4, 0.5) is 0 Å². The number of benzene rings is 1. The Kier molecular flexibility index (Phi) is 6.59. The molecule has 2 heterocycles. The predicted molar refractivity (Wildman–Crippen MR) is 109 cm³/mol. The van der Waals surface area contributed by atoms with E-state index in [-0.39, 0.29) is 37.8 Å². The highest BCUT2D eigenvalue weighted by Crippen LogP contribution is 2.27. The standard InChI is InChI=1S/C21H27N3O6/c1-4-29-19(26)16-10-11-17(20(27)30-5-2)24(16)18(25)12-13-23-15-9-7-6-8-14(15)22(3)21(23)28/h6-9,16-17H,4-5,10-13H2,1-3H3/t16-,17-/m1/s1. The van der Waals surface area contributed by atoms with Crippen LogP contribution in [0.25, 0.3) is 11.0 Å². The molecule has 0 saturated carbocycles. The molecule has 30 heavy (non-hydrogen) atoms. The van der Waals surface area contributed by atoms with Crippen molar-refractivity contribution in [2.24, 2.45) is 7.05 Å². The Hall–Kier alpha value is -3.10. The molecule has 9 heteroatoms. The van der Waals surface area contributed by atoms with Crippen LogP contribution in [0, 0.1) is 0 Å². The SMILES string of the molecule is CCOC(=O)[C@H]1CC[C@H](C(=O)OCC)N1C(=O)CCn1c(=O)n(C)c2ccccc21. The van der Waals surface area contributed by atoms with E-state index in [1.807, 2.05) is 24.3 Å². The summed E-state index contributed by atoms with van der Waals surface area (Å²) in [6, 6.07) is 5.68. The molecule has 0 aliphatic carbocycles. The van der Waals surface area contributed by atoms with Crippen LogP contribution in [0.2, 0.25) is 0 Å². The number of aryl methyl sites for hydroxylation is 2. The number of esters is 2. The molecule has 1 fully saturated rings. The molecule has 2 atom stereocenters. The lowest BCUT2D eigenvalue weighted by molar-refractivity contribution is -0.160. The van der Waals surface area contributed by atoms with Crippen molar-refractivity contribution in [3.8, 4) is 0 Å². The third-order valence-corrected chi connectivity index (χ3v) is 5.39. The molecule has 1 saturated heterocycles. The molecule has 0 spiro atoms. The average Bonchev–Trinajstić information content (AvgIpc) is 3.28. The summed E-state index contributed by atoms with van der Waals surface area (Å²) in [6.07, 6.45) is 0.643. The first-order valence-corrected chi connectivity index (χ1v) is 10.2. The molecule has 1 aromatic carbocycles. The van der Waals surface area contributed by atoms with E-state index in [0.29, 0.717) is 12.8 Å². The number of hydrogen-bond donors (Lipinski definition) is 0. The summed E-state index contributed by atoms with van der Waals surface area (Å²) < 4.78 is 13.2. The second kappa shape index (κ2) is 9.15. The maximum absolute atomic E-state index is 13.1. The Labute approximate surface area is 174 Å². The molecule has 3 rings (SSSR count). The Morgan fingerprint density at radius 2 is 1.50 bits per heavy atom. The number of imidazole rings is 1. The van der Waals surface area contributed by atoms with Gasteiger partial charge in [-0.15, -0.1) is 0 Å². The molecule has 0 radical (unpaired) electrons. The largest absolute Gasteiger partial charge is 0.464 e. The summed E-state index contributed by atoms with van der Waals surface area (Å²) in [7, 11) is 1.68. The number of amides is 1. The number of carbonyl (C=O) groups excluding carboxylic acids is 3. The fraction of sp³-hybridized carbons (Fsp3) is 0.524. The number of para-hydroxylation sites is 2. The molecule has 1 aromatic heterocycles. The van der Waals surface area contributed by atoms with Gasteiger partial charge in [0.05, 0.1) is 24.2 Å². The van der Waals surface area contributed by atoms with Gasteiger partial charge in [-0.2, -0.15) is 0 Å². The third kappa shape index (κ3) is 3.96. The zero-order chi connectivity index (χ0) is 21.8. The van der Waals surface area contributed by atoms with Gasteiger partial charge < -0.3 is 14.4 Å². The molecule has 0 unspecified atom stereocenters. The number of rotatable bonds is 7. The maximum Gasteiger partial charge on any atom is 0.328 e. The number of aromatic nitrogens is 2. The highest BCUT2D eigenvalue weighted by Gasteiger charge is 2.45. The Morgan fingerprint density at radius 3 is 2.03 bits per heavy atom. The van der Waals surface area contributed by atoms with E-state index in [2.05, 4.69) is 0 Å². The number of nitrogens with zero attached hydrogens (tertiary/aromatic N) is 3. The molecular formula is C21H27N3O6. The summed E-state index contributed by atoms with van der Waals surface area (Å²) in [5.41, 5.74) is 1.27. The lowest BCUT2D eigenvalue weighted by Gasteiger charge is -2.28. The Bertz CT molecular complexity index is 982. The third-order valence-electron chi connectivity index (χ3n) is 5.39. The molecular weight excluding hydrogens is 390 g/mol. The van der Waals surface area contributed by atoms with E-state index in [1.54, 1.807) is 20.9 Å². The topological polar surface area (TPSA) is 99.8 Å². The number of fused-ring (bicyclic) bond motifs is 1. The van der Waals surface area contributed by atoms with Crippen molar-refractivity contribution in [3.05, 3.63) is 34.7 Å². The van der Waals surface area contributed by atoms with Crippen molar-refractivity contribution >= 4 is 28.9 Å². The van der Waals surface area contributed by atoms with Gasteiger partial charge in [-0.1, -0.05) is 12.1 Å². The van der Waals surface area contributed by atoms with Gasteiger partial charge in [0.25, 0.3) is 0 Å². The molecule has 2 aromatic rings. The van der Waals surface area contributed by atoms with Crippen LogP contribution >= 0.6 is 0 Å². The van der Waals surface area contributed by atoms with Gasteiger partial charge in [-0.05, 0) is 38.8 Å². The van der Waals surface area contributed by atoms with Gasteiger partial charge in [0.1, 0.15) is 12.1 Å². The highest BCUT2D eigenvalue weighted by molar-refractivity contribution is 5.90. The second-order valence-corrected chi connectivity index (χ2v) is 7.15. The van der Waals surface area contributed by atoms with Crippen molar-refractivity contribution in [2.75, 3.05) is 13.2 Å². The second-order valence-electron chi connectivity index (χ2n) is 7.15. The minimum atomic E-state index is -0.823. The van der Waals surface area contributed by atoms with E-state index < -0.39 is 24.0 Å². The molecule has 9 nitrogen and oxygen atoms in total. The van der Waals surface area contributed by atoms with Crippen LogP contribution in [-0.2, 0) is 37.4 Å². The smallest absolute Gasteiger partial charge is 0.328 e. The van der Waals surface area contributed by atoms with Crippen molar-refractivity contribution in [1.29, 1.82) is 0 Å². The van der Waals surface area contributed by atoms with Gasteiger partial charge in [0, 0.05) is 20.0 Å². The van der Waals surface area contributed by atoms with Crippen molar-refractivity contribution in [3.63, 3.8) is 0 Å². The molecule has 1 amide bonds. The summed E-state index contributed by atoms with van der Waals surface area (Å²) in [5, 5.41) is 0. The van der Waals surface area contributed by atoms with Crippen LogP contribution in [0.1, 0.15) is 33.1 Å². The molecule has 162 valence electrons. The first-order valence-electron chi connectivity index (χ1n) is 10.2. The maximum atomic E-state index is 13.1. The number of ether oxygens (including phenoxy) is 2. The number of carbonyl (C=O) groups is 3. The van der Waals surface area contributed by atoms with Crippen molar-refractivity contribution < 1.29 is 23.9 Å². The first-order chi connectivity index (χ1) is 14.4. The zero-order valence-corrected chi connectivity index (χ0v) is 17.5. The fourth-order valence-electron chi connectivity index (χ4n) is 4.01. The van der Waals surface area contributed by atoms with Crippen molar-refractivity contribution in [1.82, 2.24) is 14.0 Å². The Balaban J connectivity index is 1.83. The van der Waals surface area contributed by atoms with Crippen LogP contribution in [0.3, 0.4) is 0 Å². The minimum absolute atomic E-state index is 0.0281. The monoisotopic (exact) mass is 417 g/mol. The van der Waals surface area contributed by atoms with E-state index in [9.17, 15) is 19.2 Å². The summed E-state index contributed by atoms with van der Waals surface area (Å²) in [5.74, 6) is -1.44. The average molecular weight is 417 g/mol. The van der Waals surface area contributed by atoms with Crippen LogP contribution in [-0.4, -0.2) is 57.2 Å². The van der Waals surface area contributed by atoms with Gasteiger partial charge in [0.2, 0.25) is 5.91 Å². The quantitative estimate of drug-likeness (QED) is 0.628. The van der Waals surface area contributed by atoms with Crippen LogP contribution in [0.5, 0.6) is 0 Å². The first kappa shape index (κ1) is 21.6. The molecule has 1 aliphatic rings. The van der Waals surface area contributed by atoms with Gasteiger partial charge >= 0.3 is 17.6 Å². The highest BCUT2D eigenvalue weighted by atomic mass is 16.5. The van der Waals surface area contributed by atoms with Gasteiger partial charge in [-0.3, -0.25) is 13.9 Å². The van der Waals surface area contributed by atoms with Crippen LogP contribution < -0.4 is 5.69 Å². The van der Waals surface area contributed by atoms with Crippen molar-refractivity contribution in [2.45, 2.75) is 51.7 Å². The van der Waals surface area contributed by atoms with Gasteiger partial charge in [0.15, 0.2) is 0 Å². The molecule has 0 bridgehead atoms. The Morgan fingerprint density at radius 1 is 0.967 bits per heavy atom. The van der Waals surface area contributed by atoms with Gasteiger partial charge in [-0.25, -0.2) is 14.4 Å². The molecule has 1 aliphatic heterocycles. The summed E-state index contributed by atoms with van der Waals surface area (Å²) in [6.45, 7) is 3.89. The van der Waals surface area contributed by atoms with E-state index >= 15 is 0 Å².